The van der Waals surface area contributed by atoms with Gasteiger partial charge in [0, 0.05) is 25.8 Å². The molecule has 0 saturated heterocycles. The fourth-order valence-electron chi connectivity index (χ4n) is 2.26. The molecule has 2 aromatic rings. The van der Waals surface area contributed by atoms with Crippen molar-refractivity contribution in [1.82, 2.24) is 5.32 Å². The van der Waals surface area contributed by atoms with E-state index in [4.69, 9.17) is 14.7 Å². The molecule has 0 aliphatic rings. The van der Waals surface area contributed by atoms with E-state index in [1.807, 2.05) is 6.07 Å². The van der Waals surface area contributed by atoms with Gasteiger partial charge in [0.25, 0.3) is 5.91 Å². The van der Waals surface area contributed by atoms with Crippen LogP contribution in [0.25, 0.3) is 0 Å². The minimum Gasteiger partial charge on any atom is -0.497 e. The number of hydrogen-bond acceptors (Lipinski definition) is 4. The lowest BCUT2D eigenvalue weighted by Gasteiger charge is -2.17. The summed E-state index contributed by atoms with van der Waals surface area (Å²) in [4.78, 5) is 12.3. The van der Waals surface area contributed by atoms with Crippen molar-refractivity contribution < 1.29 is 23.0 Å². The van der Waals surface area contributed by atoms with E-state index in [0.717, 1.165) is 17.7 Å². The number of amides is 1. The zero-order valence-electron chi connectivity index (χ0n) is 13.7. The maximum atomic E-state index is 14.1. The number of nitrogens with one attached hydrogen (secondary N) is 1. The lowest BCUT2D eigenvalue weighted by Crippen LogP contribution is -2.31. The van der Waals surface area contributed by atoms with Gasteiger partial charge in [-0.2, -0.15) is 5.26 Å². The smallest absolute Gasteiger partial charge is 0.254 e. The molecule has 0 aliphatic heterocycles. The SMILES string of the molecule is COc1cc(F)c(C(OC)C(=O)NCc2ccc(C#N)cc2)c(F)c1. The van der Waals surface area contributed by atoms with Crippen LogP contribution in [0, 0.1) is 23.0 Å². The predicted octanol–water partition coefficient (Wildman–Crippen LogP) is 2.85. The highest BCUT2D eigenvalue weighted by Gasteiger charge is 2.27. The number of rotatable bonds is 6. The first kappa shape index (κ1) is 18.4. The summed E-state index contributed by atoms with van der Waals surface area (Å²) in [6, 6.07) is 10.5. The quantitative estimate of drug-likeness (QED) is 0.873. The minimum atomic E-state index is -1.44. The summed E-state index contributed by atoms with van der Waals surface area (Å²) in [6.07, 6.45) is -1.44. The fraction of sp³-hybridized carbons (Fsp3) is 0.222. The van der Waals surface area contributed by atoms with E-state index in [0.29, 0.717) is 5.56 Å². The Morgan fingerprint density at radius 2 is 1.80 bits per heavy atom. The molecule has 5 nitrogen and oxygen atoms in total. The van der Waals surface area contributed by atoms with Gasteiger partial charge in [-0.05, 0) is 17.7 Å². The van der Waals surface area contributed by atoms with Crippen molar-refractivity contribution >= 4 is 5.91 Å². The summed E-state index contributed by atoms with van der Waals surface area (Å²) in [7, 11) is 2.47. The van der Waals surface area contributed by atoms with Crippen molar-refractivity contribution in [1.29, 1.82) is 5.26 Å². The molecule has 0 fully saturated rings. The molecule has 0 aromatic heterocycles. The Labute approximate surface area is 143 Å². The van der Waals surface area contributed by atoms with Crippen molar-refractivity contribution in [3.05, 3.63) is 64.7 Å². The van der Waals surface area contributed by atoms with Gasteiger partial charge >= 0.3 is 0 Å². The molecule has 0 bridgehead atoms. The third-order valence-corrected chi connectivity index (χ3v) is 3.57. The number of methoxy groups -OCH3 is 2. The Morgan fingerprint density at radius 1 is 1.20 bits per heavy atom. The van der Waals surface area contributed by atoms with Crippen molar-refractivity contribution in [2.45, 2.75) is 12.6 Å². The van der Waals surface area contributed by atoms with Crippen LogP contribution in [0.2, 0.25) is 0 Å². The lowest BCUT2D eigenvalue weighted by molar-refractivity contribution is -0.131. The second-order valence-electron chi connectivity index (χ2n) is 5.15. The van der Waals surface area contributed by atoms with E-state index >= 15 is 0 Å². The molecule has 1 N–H and O–H groups in total. The first-order valence-electron chi connectivity index (χ1n) is 7.32. The summed E-state index contributed by atoms with van der Waals surface area (Å²) in [5.41, 5.74) is 0.741. The maximum absolute atomic E-state index is 14.1. The summed E-state index contributed by atoms with van der Waals surface area (Å²) in [5, 5.41) is 11.3. The van der Waals surface area contributed by atoms with Crippen LogP contribution < -0.4 is 10.1 Å². The molecule has 1 amide bonds. The summed E-state index contributed by atoms with van der Waals surface area (Å²) in [5.74, 6) is -2.55. The third-order valence-electron chi connectivity index (χ3n) is 3.57. The second kappa shape index (κ2) is 8.22. The van der Waals surface area contributed by atoms with Crippen LogP contribution >= 0.6 is 0 Å². The number of benzene rings is 2. The highest BCUT2D eigenvalue weighted by molar-refractivity contribution is 5.82. The average Bonchev–Trinajstić information content (AvgIpc) is 2.62. The van der Waals surface area contributed by atoms with Gasteiger partial charge in [0.15, 0.2) is 6.10 Å². The first-order valence-corrected chi connectivity index (χ1v) is 7.32. The molecule has 25 heavy (non-hydrogen) atoms. The number of carbonyl (C=O) groups excluding carboxylic acids is 1. The van der Waals surface area contributed by atoms with Crippen molar-refractivity contribution in [3.63, 3.8) is 0 Å². The van der Waals surface area contributed by atoms with Gasteiger partial charge in [-0.15, -0.1) is 0 Å². The van der Waals surface area contributed by atoms with Gasteiger partial charge in [-0.1, -0.05) is 12.1 Å². The van der Waals surface area contributed by atoms with Crippen molar-refractivity contribution in [2.24, 2.45) is 0 Å². The van der Waals surface area contributed by atoms with E-state index in [-0.39, 0.29) is 12.3 Å². The van der Waals surface area contributed by atoms with Crippen molar-refractivity contribution in [2.75, 3.05) is 14.2 Å². The van der Waals surface area contributed by atoms with Gasteiger partial charge in [0.1, 0.15) is 17.4 Å². The summed E-state index contributed by atoms with van der Waals surface area (Å²) in [6.45, 7) is 0.129. The number of ether oxygens (including phenoxy) is 2. The molecule has 0 heterocycles. The Morgan fingerprint density at radius 3 is 2.28 bits per heavy atom. The molecule has 0 aliphatic carbocycles. The Bertz CT molecular complexity index is 778. The van der Waals surface area contributed by atoms with Crippen LogP contribution in [0.1, 0.15) is 22.8 Å². The lowest BCUT2D eigenvalue weighted by atomic mass is 10.1. The van der Waals surface area contributed by atoms with Gasteiger partial charge in [0.05, 0.1) is 24.3 Å². The Kier molecular flexibility index (Phi) is 6.03. The molecule has 1 unspecified atom stereocenters. The van der Waals surface area contributed by atoms with Crippen molar-refractivity contribution in [3.8, 4) is 11.8 Å². The molecule has 0 radical (unpaired) electrons. The van der Waals surface area contributed by atoms with E-state index < -0.39 is 29.2 Å². The predicted molar refractivity (Wildman–Crippen MR) is 85.7 cm³/mol. The fourth-order valence-corrected chi connectivity index (χ4v) is 2.26. The van der Waals surface area contributed by atoms with Crippen LogP contribution in [0.4, 0.5) is 8.78 Å². The van der Waals surface area contributed by atoms with Crippen LogP contribution in [-0.4, -0.2) is 20.1 Å². The number of carbonyl (C=O) groups is 1. The number of hydrogen-bond donors (Lipinski definition) is 1. The molecule has 0 saturated carbocycles. The molecular weight excluding hydrogens is 330 g/mol. The summed E-state index contributed by atoms with van der Waals surface area (Å²) >= 11 is 0. The van der Waals surface area contributed by atoms with Gasteiger partial charge in [-0.3, -0.25) is 4.79 Å². The van der Waals surface area contributed by atoms with Gasteiger partial charge in [-0.25, -0.2) is 8.78 Å². The van der Waals surface area contributed by atoms with Crippen LogP contribution in [0.3, 0.4) is 0 Å². The zero-order chi connectivity index (χ0) is 18.4. The van der Waals surface area contributed by atoms with E-state index in [9.17, 15) is 13.6 Å². The van der Waals surface area contributed by atoms with Crippen LogP contribution in [-0.2, 0) is 16.1 Å². The monoisotopic (exact) mass is 346 g/mol. The molecule has 0 spiro atoms. The molecular formula is C18H16F2N2O3. The third kappa shape index (κ3) is 4.31. The molecule has 2 aromatic carbocycles. The second-order valence-corrected chi connectivity index (χ2v) is 5.15. The number of nitriles is 1. The minimum absolute atomic E-state index is 0.00611. The normalized spacial score (nSPS) is 11.5. The summed E-state index contributed by atoms with van der Waals surface area (Å²) < 4.78 is 38.0. The standard InChI is InChI=1S/C18H16F2N2O3/c1-24-13-7-14(19)16(15(20)8-13)17(25-2)18(23)22-10-12-5-3-11(9-21)4-6-12/h3-8,17H,10H2,1-2H3,(H,22,23). The maximum Gasteiger partial charge on any atom is 0.254 e. The average molecular weight is 346 g/mol. The van der Waals surface area contributed by atoms with E-state index in [2.05, 4.69) is 5.32 Å². The van der Waals surface area contributed by atoms with Gasteiger partial charge in [0.2, 0.25) is 0 Å². The van der Waals surface area contributed by atoms with E-state index in [1.165, 1.54) is 14.2 Å². The molecule has 1 atom stereocenters. The highest BCUT2D eigenvalue weighted by atomic mass is 19.1. The number of halogens is 2. The number of nitrogens with zero attached hydrogens (tertiary/aromatic N) is 1. The van der Waals surface area contributed by atoms with Crippen LogP contribution in [0.5, 0.6) is 5.75 Å². The largest absolute Gasteiger partial charge is 0.497 e. The topological polar surface area (TPSA) is 71.3 Å². The first-order chi connectivity index (χ1) is 12.0. The molecule has 2 rings (SSSR count). The molecule has 130 valence electrons. The zero-order valence-corrected chi connectivity index (χ0v) is 13.7. The Balaban J connectivity index is 2.14. The highest BCUT2D eigenvalue weighted by Crippen LogP contribution is 2.27. The van der Waals surface area contributed by atoms with E-state index in [1.54, 1.807) is 24.3 Å². The Hall–Kier alpha value is -2.98. The van der Waals surface area contributed by atoms with Gasteiger partial charge < -0.3 is 14.8 Å². The van der Waals surface area contributed by atoms with Crippen LogP contribution in [0.15, 0.2) is 36.4 Å². The molecule has 7 heteroatoms.